The van der Waals surface area contributed by atoms with Crippen LogP contribution in [0.3, 0.4) is 0 Å². The van der Waals surface area contributed by atoms with E-state index in [9.17, 15) is 0 Å². The molecule has 0 rings (SSSR count). The quantitative estimate of drug-likeness (QED) is 0.418. The van der Waals surface area contributed by atoms with Gasteiger partial charge in [0.25, 0.3) is 0 Å². The molecule has 0 aliphatic heterocycles. The third kappa shape index (κ3) is 5.15. The van der Waals surface area contributed by atoms with Gasteiger partial charge in [0.1, 0.15) is 0 Å². The molecule has 0 saturated heterocycles. The number of rotatable bonds is 7. The number of hydrogen-bond donors (Lipinski definition) is 0. The van der Waals surface area contributed by atoms with Gasteiger partial charge in [-0.1, -0.05) is 45.1 Å². The summed E-state index contributed by atoms with van der Waals surface area (Å²) in [6, 6.07) is 0. The summed E-state index contributed by atoms with van der Waals surface area (Å²) in [4.78, 5) is 0. The standard InChI is InChI=1S/C12H21Cl/c1-5-8-12(4,10-13)9-7-11(3)6-2/h6H,2-3,5,7-10H2,1,4H3. The molecule has 0 nitrogen and oxygen atoms in total. The average Bonchev–Trinajstić information content (AvgIpc) is 2.15. The summed E-state index contributed by atoms with van der Waals surface area (Å²) in [6.07, 6.45) is 6.37. The highest BCUT2D eigenvalue weighted by atomic mass is 35.5. The minimum absolute atomic E-state index is 0.280. The molecule has 0 bridgehead atoms. The number of hydrogen-bond acceptors (Lipinski definition) is 0. The van der Waals surface area contributed by atoms with E-state index in [4.69, 9.17) is 11.6 Å². The Bertz CT molecular complexity index is 172. The fraction of sp³-hybridized carbons (Fsp3) is 0.667. The molecule has 76 valence electrons. The van der Waals surface area contributed by atoms with Crippen molar-refractivity contribution >= 4 is 11.6 Å². The van der Waals surface area contributed by atoms with Gasteiger partial charge in [0.05, 0.1) is 0 Å². The van der Waals surface area contributed by atoms with Crippen molar-refractivity contribution in [2.24, 2.45) is 5.41 Å². The predicted molar refractivity (Wildman–Crippen MR) is 62.3 cm³/mol. The summed E-state index contributed by atoms with van der Waals surface area (Å²) in [7, 11) is 0. The van der Waals surface area contributed by atoms with E-state index in [1.807, 2.05) is 6.08 Å². The maximum atomic E-state index is 5.96. The van der Waals surface area contributed by atoms with Crippen LogP contribution in [0.4, 0.5) is 0 Å². The van der Waals surface area contributed by atoms with Crippen molar-refractivity contribution in [1.82, 2.24) is 0 Å². The van der Waals surface area contributed by atoms with Crippen LogP contribution in [0.25, 0.3) is 0 Å². The van der Waals surface area contributed by atoms with Crippen LogP contribution in [-0.4, -0.2) is 5.88 Å². The zero-order chi connectivity index (χ0) is 10.3. The van der Waals surface area contributed by atoms with Crippen LogP contribution in [0.15, 0.2) is 24.8 Å². The third-order valence-corrected chi connectivity index (χ3v) is 3.16. The SMILES string of the molecule is C=CC(=C)CCC(C)(CCl)CCC. The van der Waals surface area contributed by atoms with Crippen LogP contribution >= 0.6 is 11.6 Å². The summed E-state index contributed by atoms with van der Waals surface area (Å²) < 4.78 is 0. The van der Waals surface area contributed by atoms with Crippen molar-refractivity contribution in [1.29, 1.82) is 0 Å². The smallest absolute Gasteiger partial charge is 0.0277 e. The summed E-state index contributed by atoms with van der Waals surface area (Å²) in [5, 5.41) is 0. The van der Waals surface area contributed by atoms with E-state index >= 15 is 0 Å². The molecule has 0 heterocycles. The Labute approximate surface area is 87.7 Å². The van der Waals surface area contributed by atoms with E-state index in [1.165, 1.54) is 12.8 Å². The first-order valence-electron chi connectivity index (χ1n) is 4.94. The Morgan fingerprint density at radius 3 is 2.46 bits per heavy atom. The number of halogens is 1. The summed E-state index contributed by atoms with van der Waals surface area (Å²) >= 11 is 5.96. The molecule has 0 aromatic heterocycles. The minimum Gasteiger partial charge on any atom is -0.126 e. The second-order valence-corrected chi connectivity index (χ2v) is 4.32. The molecule has 0 saturated carbocycles. The van der Waals surface area contributed by atoms with Gasteiger partial charge in [0, 0.05) is 5.88 Å². The van der Waals surface area contributed by atoms with E-state index < -0.39 is 0 Å². The van der Waals surface area contributed by atoms with Gasteiger partial charge in [-0.15, -0.1) is 11.6 Å². The fourth-order valence-corrected chi connectivity index (χ4v) is 1.69. The first-order chi connectivity index (χ1) is 6.08. The second-order valence-electron chi connectivity index (χ2n) is 4.06. The predicted octanol–water partition coefficient (Wildman–Crippen LogP) is 4.55. The molecule has 1 heteroatoms. The van der Waals surface area contributed by atoms with E-state index in [1.54, 1.807) is 0 Å². The van der Waals surface area contributed by atoms with Crippen LogP contribution < -0.4 is 0 Å². The molecule has 0 spiro atoms. The number of alkyl halides is 1. The van der Waals surface area contributed by atoms with Gasteiger partial charge >= 0.3 is 0 Å². The van der Waals surface area contributed by atoms with Crippen molar-refractivity contribution in [3.8, 4) is 0 Å². The van der Waals surface area contributed by atoms with E-state index in [0.29, 0.717) is 0 Å². The molecular formula is C12H21Cl. The largest absolute Gasteiger partial charge is 0.126 e. The molecule has 13 heavy (non-hydrogen) atoms. The Kier molecular flexibility index (Phi) is 6.15. The number of allylic oxidation sites excluding steroid dienone is 2. The monoisotopic (exact) mass is 200 g/mol. The molecule has 1 atom stereocenters. The van der Waals surface area contributed by atoms with E-state index in [2.05, 4.69) is 27.0 Å². The minimum atomic E-state index is 0.280. The molecule has 0 aliphatic carbocycles. The second kappa shape index (κ2) is 6.26. The summed E-state index contributed by atoms with van der Waals surface area (Å²) in [6.45, 7) is 12.1. The normalized spacial score (nSPS) is 15.0. The van der Waals surface area contributed by atoms with Gasteiger partial charge < -0.3 is 0 Å². The molecule has 0 amide bonds. The lowest BCUT2D eigenvalue weighted by molar-refractivity contribution is 0.311. The Balaban J connectivity index is 3.96. The Morgan fingerprint density at radius 1 is 1.46 bits per heavy atom. The molecule has 0 N–H and O–H groups in total. The van der Waals surface area contributed by atoms with Gasteiger partial charge in [-0.3, -0.25) is 0 Å². The van der Waals surface area contributed by atoms with E-state index in [0.717, 1.165) is 24.3 Å². The molecule has 0 radical (unpaired) electrons. The van der Waals surface area contributed by atoms with Gasteiger partial charge in [-0.05, 0) is 24.7 Å². The highest BCUT2D eigenvalue weighted by Gasteiger charge is 2.21. The zero-order valence-electron chi connectivity index (χ0n) is 8.91. The molecule has 0 fully saturated rings. The van der Waals surface area contributed by atoms with Crippen molar-refractivity contribution in [2.75, 3.05) is 5.88 Å². The lowest BCUT2D eigenvalue weighted by atomic mass is 9.82. The van der Waals surface area contributed by atoms with Gasteiger partial charge in [0.15, 0.2) is 0 Å². The maximum absolute atomic E-state index is 5.96. The highest BCUT2D eigenvalue weighted by molar-refractivity contribution is 6.18. The van der Waals surface area contributed by atoms with Crippen molar-refractivity contribution in [3.63, 3.8) is 0 Å². The van der Waals surface area contributed by atoms with Crippen molar-refractivity contribution in [2.45, 2.75) is 39.5 Å². The summed E-state index contributed by atoms with van der Waals surface area (Å²) in [5.74, 6) is 0.741. The topological polar surface area (TPSA) is 0 Å². The fourth-order valence-electron chi connectivity index (χ4n) is 1.43. The van der Waals surface area contributed by atoms with Crippen molar-refractivity contribution in [3.05, 3.63) is 24.8 Å². The highest BCUT2D eigenvalue weighted by Crippen LogP contribution is 2.31. The first-order valence-corrected chi connectivity index (χ1v) is 5.47. The molecule has 0 aromatic carbocycles. The van der Waals surface area contributed by atoms with Crippen LogP contribution in [0.2, 0.25) is 0 Å². The Morgan fingerprint density at radius 2 is 2.08 bits per heavy atom. The molecule has 0 aromatic rings. The molecule has 1 unspecified atom stereocenters. The summed E-state index contributed by atoms with van der Waals surface area (Å²) in [5.41, 5.74) is 1.40. The van der Waals surface area contributed by atoms with Crippen LogP contribution in [0.5, 0.6) is 0 Å². The average molecular weight is 201 g/mol. The van der Waals surface area contributed by atoms with Crippen LogP contribution in [-0.2, 0) is 0 Å². The lowest BCUT2D eigenvalue weighted by Gasteiger charge is -2.26. The van der Waals surface area contributed by atoms with Gasteiger partial charge in [-0.25, -0.2) is 0 Å². The first kappa shape index (κ1) is 12.8. The lowest BCUT2D eigenvalue weighted by Crippen LogP contribution is -2.18. The van der Waals surface area contributed by atoms with Gasteiger partial charge in [0.2, 0.25) is 0 Å². The maximum Gasteiger partial charge on any atom is 0.0277 e. The van der Waals surface area contributed by atoms with E-state index in [-0.39, 0.29) is 5.41 Å². The molecule has 0 aliphatic rings. The molecular weight excluding hydrogens is 180 g/mol. The van der Waals surface area contributed by atoms with Crippen molar-refractivity contribution < 1.29 is 0 Å². The Hall–Kier alpha value is -0.230. The van der Waals surface area contributed by atoms with Crippen LogP contribution in [0, 0.1) is 5.41 Å². The zero-order valence-corrected chi connectivity index (χ0v) is 9.66. The van der Waals surface area contributed by atoms with Gasteiger partial charge in [-0.2, -0.15) is 0 Å². The van der Waals surface area contributed by atoms with Crippen LogP contribution in [0.1, 0.15) is 39.5 Å². The third-order valence-electron chi connectivity index (χ3n) is 2.51.